The van der Waals surface area contributed by atoms with E-state index >= 15 is 0 Å². The van der Waals surface area contributed by atoms with Crippen molar-refractivity contribution in [3.63, 3.8) is 0 Å². The molecule has 0 unspecified atom stereocenters. The first-order chi connectivity index (χ1) is 35.8. The van der Waals surface area contributed by atoms with Gasteiger partial charge in [-0.3, -0.25) is 19.2 Å². The molecule has 1 aliphatic rings. The normalized spacial score (nSPS) is 15.1. The molecule has 1 aliphatic heterocycles. The Bertz CT molecular complexity index is 2750. The highest BCUT2D eigenvalue weighted by atomic mass is 32.1. The first-order valence-electron chi connectivity index (χ1n) is 26.2. The second kappa shape index (κ2) is 27.4. The number of nitrogens with one attached hydrogen (secondary N) is 4. The minimum atomic E-state index is -1.23. The van der Waals surface area contributed by atoms with Gasteiger partial charge in [0.15, 0.2) is 23.1 Å². The lowest BCUT2D eigenvalue weighted by Gasteiger charge is -2.35. The zero-order valence-electron chi connectivity index (χ0n) is 44.6. The van der Waals surface area contributed by atoms with Crippen LogP contribution in [0.4, 0.5) is 5.82 Å². The highest BCUT2D eigenvalue weighted by molar-refractivity contribution is 7.13. The fraction of sp³-hybridized carbons (Fsp3) is 0.574. The summed E-state index contributed by atoms with van der Waals surface area (Å²) in [5.74, 6) is 5.91. The molecule has 0 radical (unpaired) electrons. The summed E-state index contributed by atoms with van der Waals surface area (Å²) in [6, 6.07) is 6.21. The number of nitrogens with two attached hydrogens (primary N) is 1. The molecule has 4 aromatic heterocycles. The number of rotatable bonds is 27. The van der Waals surface area contributed by atoms with E-state index in [0.717, 1.165) is 60.2 Å². The van der Waals surface area contributed by atoms with Gasteiger partial charge < -0.3 is 51.4 Å². The van der Waals surface area contributed by atoms with Gasteiger partial charge in [-0.1, -0.05) is 83.1 Å². The topological polar surface area (TPSA) is 278 Å². The summed E-state index contributed by atoms with van der Waals surface area (Å²) in [6.45, 7) is 16.0. The molecule has 406 valence electrons. The Kier molecular flexibility index (Phi) is 21.1. The van der Waals surface area contributed by atoms with Crippen LogP contribution in [0.2, 0.25) is 0 Å². The smallest absolute Gasteiger partial charge is 0.246 e. The van der Waals surface area contributed by atoms with Crippen LogP contribution in [0.25, 0.3) is 33.0 Å². The van der Waals surface area contributed by atoms with Crippen molar-refractivity contribution in [3.8, 4) is 39.5 Å². The van der Waals surface area contributed by atoms with Crippen LogP contribution in [0.1, 0.15) is 136 Å². The maximum absolute atomic E-state index is 14.0. The van der Waals surface area contributed by atoms with Gasteiger partial charge in [0.25, 0.3) is 0 Å². The number of ether oxygens (including phenoxy) is 1. The maximum Gasteiger partial charge on any atom is 0.246 e. The standard InChI is InChI=1S/C54H76N12O8S/c1-8-65-46-41(32-58-39(24-25-54(6,7)72)44(46)62-50(65)45-49(55)64-74-63-45)73-29-17-27-56-26-16-19-42(68)57-28-15-13-11-9-10-12-14-18-43(69)61-48(53(3,4)5)52(71)66-33-38(67)30-40(66)51(70)59-31-36-20-22-37(23-21-36)47-35(2)60-34-75-47/h20-23,32,34,38,40,48,56,67,72H,8-19,26-31,33H2,1-7H3,(H2,55,64)(H,57,68)(H,59,70)(H,61,69)/t38-,40+,48-/m1/s1. The molecular formula is C54H76N12O8S. The number of aliphatic hydroxyl groups is 2. The number of benzene rings is 1. The van der Waals surface area contributed by atoms with Gasteiger partial charge in [-0.05, 0) is 99.2 Å². The van der Waals surface area contributed by atoms with Crippen LogP contribution in [-0.2, 0) is 32.3 Å². The minimum absolute atomic E-state index is 0.0234. The number of β-amino-alcohol motifs (C(OH)–C–C–N with tert-alkyl or cyclic N) is 1. The van der Waals surface area contributed by atoms with E-state index in [1.165, 1.54) is 4.90 Å². The van der Waals surface area contributed by atoms with Gasteiger partial charge in [0.2, 0.25) is 23.6 Å². The van der Waals surface area contributed by atoms with Gasteiger partial charge in [0.1, 0.15) is 34.4 Å². The largest absolute Gasteiger partial charge is 0.490 e. The maximum atomic E-state index is 14.0. The zero-order chi connectivity index (χ0) is 54.1. The molecule has 3 atom stereocenters. The number of hydrogen-bond acceptors (Lipinski definition) is 16. The first-order valence-corrected chi connectivity index (χ1v) is 27.1. The van der Waals surface area contributed by atoms with Crippen LogP contribution in [0, 0.1) is 24.2 Å². The average molecular weight is 1050 g/mol. The average Bonchev–Trinajstić information content (AvgIpc) is 4.18. The lowest BCUT2D eigenvalue weighted by Crippen LogP contribution is -2.57. The van der Waals surface area contributed by atoms with Gasteiger partial charge in [-0.15, -0.1) is 11.3 Å². The molecule has 5 aromatic rings. The summed E-state index contributed by atoms with van der Waals surface area (Å²) >= 11 is 1.58. The molecular weight excluding hydrogens is 977 g/mol. The predicted octanol–water partition coefficient (Wildman–Crippen LogP) is 5.82. The van der Waals surface area contributed by atoms with Gasteiger partial charge in [0, 0.05) is 45.4 Å². The third-order valence-corrected chi connectivity index (χ3v) is 13.9. The SMILES string of the molecule is CCn1c(-c2nonc2N)nc2c(C#CC(C)(C)O)ncc(OCCCNCCCC(=O)NCCCCCCCCCC(=O)N[C@H](C(=O)N3C[C@H](O)C[C@H]3C(=O)NCc3ccc(-c4scnc4C)cc3)C(C)(C)C)c21. The Balaban J connectivity index is 0.802. The summed E-state index contributed by atoms with van der Waals surface area (Å²) in [6.07, 6.45) is 9.57. The number of anilines is 1. The number of nitrogen functional groups attached to an aromatic ring is 1. The molecule has 4 amide bonds. The van der Waals surface area contributed by atoms with Gasteiger partial charge >= 0.3 is 0 Å². The van der Waals surface area contributed by atoms with Crippen molar-refractivity contribution >= 4 is 51.8 Å². The van der Waals surface area contributed by atoms with Gasteiger partial charge in [-0.2, -0.15) is 0 Å². The van der Waals surface area contributed by atoms with E-state index in [2.05, 4.69) is 53.4 Å². The Hall–Kier alpha value is -6.47. The molecule has 75 heavy (non-hydrogen) atoms. The quantitative estimate of drug-likeness (QED) is 0.0241. The Morgan fingerprint density at radius 3 is 2.29 bits per heavy atom. The molecule has 1 saturated heterocycles. The molecule has 1 fully saturated rings. The van der Waals surface area contributed by atoms with Crippen molar-refractivity contribution in [1.82, 2.24) is 56.0 Å². The van der Waals surface area contributed by atoms with Crippen molar-refractivity contribution in [2.24, 2.45) is 5.41 Å². The number of aliphatic hydroxyl groups excluding tert-OH is 1. The number of fused-ring (bicyclic) bond motifs is 1. The predicted molar refractivity (Wildman–Crippen MR) is 288 cm³/mol. The fourth-order valence-electron chi connectivity index (χ4n) is 8.86. The molecule has 1 aromatic carbocycles. The molecule has 0 bridgehead atoms. The van der Waals surface area contributed by atoms with E-state index in [9.17, 15) is 29.4 Å². The van der Waals surface area contributed by atoms with E-state index in [0.29, 0.717) is 98.9 Å². The number of aromatic nitrogens is 6. The van der Waals surface area contributed by atoms with Gasteiger partial charge in [-0.25, -0.2) is 19.6 Å². The van der Waals surface area contributed by atoms with Crippen molar-refractivity contribution in [3.05, 3.63) is 52.9 Å². The summed E-state index contributed by atoms with van der Waals surface area (Å²) in [5, 5.41) is 40.7. The number of aryl methyl sites for hydroxylation is 2. The van der Waals surface area contributed by atoms with Crippen molar-refractivity contribution in [2.75, 3.05) is 38.5 Å². The zero-order valence-corrected chi connectivity index (χ0v) is 45.4. The number of likely N-dealkylation sites (tertiary alicyclic amines) is 1. The molecule has 0 aliphatic carbocycles. The highest BCUT2D eigenvalue weighted by Gasteiger charge is 2.44. The van der Waals surface area contributed by atoms with E-state index < -0.39 is 29.2 Å². The number of unbranched alkanes of at least 4 members (excludes halogenated alkanes) is 6. The van der Waals surface area contributed by atoms with Crippen LogP contribution < -0.4 is 31.7 Å². The van der Waals surface area contributed by atoms with Crippen LogP contribution in [0.5, 0.6) is 5.75 Å². The summed E-state index contributed by atoms with van der Waals surface area (Å²) in [5.41, 5.74) is 10.7. The number of carbonyl (C=O) groups is 4. The lowest BCUT2D eigenvalue weighted by atomic mass is 9.85. The monoisotopic (exact) mass is 1050 g/mol. The summed E-state index contributed by atoms with van der Waals surface area (Å²) in [7, 11) is 0. The minimum Gasteiger partial charge on any atom is -0.490 e. The Morgan fingerprint density at radius 2 is 1.63 bits per heavy atom. The third kappa shape index (κ3) is 16.8. The van der Waals surface area contributed by atoms with E-state index in [4.69, 9.17) is 20.1 Å². The molecule has 20 nitrogen and oxygen atoms in total. The number of thiazole rings is 1. The summed E-state index contributed by atoms with van der Waals surface area (Å²) < 4.78 is 12.9. The molecule has 6 rings (SSSR count). The first kappa shape index (κ1) is 57.8. The Labute approximate surface area is 443 Å². The van der Waals surface area contributed by atoms with Crippen LogP contribution in [-0.4, -0.2) is 125 Å². The number of pyridine rings is 1. The third-order valence-electron chi connectivity index (χ3n) is 12.9. The van der Waals surface area contributed by atoms with Gasteiger partial charge in [0.05, 0.1) is 35.0 Å². The van der Waals surface area contributed by atoms with Crippen molar-refractivity contribution in [1.29, 1.82) is 0 Å². The second-order valence-electron chi connectivity index (χ2n) is 20.7. The van der Waals surface area contributed by atoms with Crippen molar-refractivity contribution < 1.29 is 38.8 Å². The molecule has 21 heteroatoms. The molecule has 8 N–H and O–H groups in total. The highest BCUT2D eigenvalue weighted by Crippen LogP contribution is 2.34. The van der Waals surface area contributed by atoms with Crippen LogP contribution in [0.3, 0.4) is 0 Å². The molecule has 5 heterocycles. The second-order valence-corrected chi connectivity index (χ2v) is 21.6. The number of amides is 4. The Morgan fingerprint density at radius 1 is 0.920 bits per heavy atom. The van der Waals surface area contributed by atoms with Crippen molar-refractivity contribution in [2.45, 2.75) is 162 Å². The van der Waals surface area contributed by atoms with Crippen LogP contribution in [0.15, 0.2) is 40.6 Å². The van der Waals surface area contributed by atoms with Crippen LogP contribution >= 0.6 is 11.3 Å². The number of hydrogen-bond donors (Lipinski definition) is 7. The van der Waals surface area contributed by atoms with E-state index in [1.54, 1.807) is 31.4 Å². The number of nitrogens with zero attached hydrogens (tertiary/aromatic N) is 7. The summed E-state index contributed by atoms with van der Waals surface area (Å²) in [4.78, 5) is 69.2. The molecule has 0 spiro atoms. The number of carbonyl (C=O) groups excluding carboxylic acids is 4. The fourth-order valence-corrected chi connectivity index (χ4v) is 9.68. The van der Waals surface area contributed by atoms with E-state index in [1.807, 2.05) is 69.0 Å². The number of imidazole rings is 1. The van der Waals surface area contributed by atoms with E-state index in [-0.39, 0.29) is 49.0 Å². The molecule has 0 saturated carbocycles. The lowest BCUT2D eigenvalue weighted by molar-refractivity contribution is -0.144.